The van der Waals surface area contributed by atoms with Gasteiger partial charge in [-0.2, -0.15) is 26.3 Å². The average molecular weight is 384 g/mol. The highest BCUT2D eigenvalue weighted by Crippen LogP contribution is 2.44. The molecule has 0 N–H and O–H groups in total. The van der Waals surface area contributed by atoms with Crippen LogP contribution in [0.1, 0.15) is 20.8 Å². The van der Waals surface area contributed by atoms with Gasteiger partial charge in [0.05, 0.1) is 0 Å². The van der Waals surface area contributed by atoms with Crippen molar-refractivity contribution in [2.45, 2.75) is 55.4 Å². The molecule has 0 saturated carbocycles. The summed E-state index contributed by atoms with van der Waals surface area (Å²) < 4.78 is 82.0. The fourth-order valence-corrected chi connectivity index (χ4v) is 2.99. The first-order chi connectivity index (χ1) is 11.2. The third-order valence-corrected chi connectivity index (χ3v) is 4.72. The lowest BCUT2D eigenvalue weighted by atomic mass is 9.58. The minimum absolute atomic E-state index is 0.0467. The van der Waals surface area contributed by atoms with Crippen molar-refractivity contribution >= 4 is 37.5 Å². The van der Waals surface area contributed by atoms with E-state index >= 15 is 0 Å². The van der Waals surface area contributed by atoms with Crippen molar-refractivity contribution in [3.05, 3.63) is 0 Å². The molecule has 14 heteroatoms. The van der Waals surface area contributed by atoms with Crippen LogP contribution in [0.2, 0.25) is 0 Å². The Morgan fingerprint density at radius 3 is 1.85 bits per heavy atom. The van der Waals surface area contributed by atoms with Crippen molar-refractivity contribution in [3.63, 3.8) is 0 Å². The lowest BCUT2D eigenvalue weighted by Gasteiger charge is -2.55. The molecule has 4 nitrogen and oxygen atoms in total. The highest BCUT2D eigenvalue weighted by molar-refractivity contribution is 6.41. The van der Waals surface area contributed by atoms with Crippen LogP contribution >= 0.6 is 0 Å². The molecule has 0 aliphatic carbocycles. The fourth-order valence-electron chi connectivity index (χ4n) is 2.99. The molecule has 26 heavy (non-hydrogen) atoms. The van der Waals surface area contributed by atoms with E-state index in [1.165, 1.54) is 0 Å². The monoisotopic (exact) mass is 384 g/mol. The number of hydrogen-bond donors (Lipinski definition) is 0. The van der Waals surface area contributed by atoms with Gasteiger partial charge in [0.1, 0.15) is 23.5 Å². The number of alkyl halides is 6. The first kappa shape index (κ1) is 23.1. The highest BCUT2D eigenvalue weighted by Gasteiger charge is 2.71. The molecular formula is C12H22B4F6N2O2. The quantitative estimate of drug-likeness (QED) is 0.425. The van der Waals surface area contributed by atoms with E-state index in [0.29, 0.717) is 0 Å². The molecule has 0 aromatic carbocycles. The molecule has 1 aliphatic heterocycles. The number of nitrogens with zero attached hydrogens (tertiary/aromatic N) is 2. The van der Waals surface area contributed by atoms with Crippen LogP contribution in [0, 0.1) is 0 Å². The van der Waals surface area contributed by atoms with Crippen LogP contribution in [0.4, 0.5) is 31.1 Å². The zero-order valence-corrected chi connectivity index (χ0v) is 16.0. The van der Waals surface area contributed by atoms with Crippen molar-refractivity contribution in [1.82, 2.24) is 9.80 Å². The summed E-state index contributed by atoms with van der Waals surface area (Å²) in [6, 6.07) is 0. The molecule has 1 atom stereocenters. The molecule has 0 bridgehead atoms. The molecule has 1 saturated heterocycles. The molecule has 0 spiro atoms. The third-order valence-electron chi connectivity index (χ3n) is 4.72. The van der Waals surface area contributed by atoms with Gasteiger partial charge in [-0.1, -0.05) is 0 Å². The van der Waals surface area contributed by atoms with Gasteiger partial charge in [-0.05, 0) is 32.1 Å². The first-order valence-electron chi connectivity index (χ1n) is 8.15. The van der Waals surface area contributed by atoms with Gasteiger partial charge in [-0.25, -0.2) is 4.79 Å². The molecule has 1 aliphatic rings. The van der Waals surface area contributed by atoms with E-state index in [2.05, 4.69) is 4.74 Å². The average Bonchev–Trinajstić information content (AvgIpc) is 2.36. The predicted molar refractivity (Wildman–Crippen MR) is 95.2 cm³/mol. The Bertz CT molecular complexity index is 535. The van der Waals surface area contributed by atoms with E-state index < -0.39 is 29.3 Å². The molecule has 0 aromatic heterocycles. The summed E-state index contributed by atoms with van der Waals surface area (Å²) in [4.78, 5) is 15.3. The summed E-state index contributed by atoms with van der Waals surface area (Å²) in [6.07, 6.45) is -13.2. The maximum absolute atomic E-state index is 13.0. The van der Waals surface area contributed by atoms with Crippen molar-refractivity contribution in [1.29, 1.82) is 0 Å². The fraction of sp³-hybridized carbons (Fsp3) is 0.917. The maximum atomic E-state index is 13.0. The van der Waals surface area contributed by atoms with Crippen molar-refractivity contribution in [2.75, 3.05) is 13.1 Å². The van der Waals surface area contributed by atoms with Gasteiger partial charge in [0.2, 0.25) is 0 Å². The largest absolute Gasteiger partial charge is 0.433 e. The van der Waals surface area contributed by atoms with E-state index in [4.69, 9.17) is 0 Å². The Balaban J connectivity index is 3.14. The van der Waals surface area contributed by atoms with Gasteiger partial charge in [0, 0.05) is 18.6 Å². The van der Waals surface area contributed by atoms with E-state index in [1.807, 2.05) is 25.7 Å². The number of carbonyl (C=O) groups excluding carboxylic acids is 1. The second-order valence-electron chi connectivity index (χ2n) is 8.47. The van der Waals surface area contributed by atoms with E-state index in [-0.39, 0.29) is 32.4 Å². The topological polar surface area (TPSA) is 32.8 Å². The second-order valence-corrected chi connectivity index (χ2v) is 8.47. The number of carbonyl (C=O) groups is 1. The number of piperazine rings is 1. The molecule has 0 aromatic rings. The molecule has 1 heterocycles. The minimum atomic E-state index is -5.79. The molecule has 1 unspecified atom stereocenters. The summed E-state index contributed by atoms with van der Waals surface area (Å²) in [7, 11) is 4.75. The summed E-state index contributed by atoms with van der Waals surface area (Å²) >= 11 is 0. The van der Waals surface area contributed by atoms with Crippen LogP contribution in [0.15, 0.2) is 0 Å². The first-order valence-corrected chi connectivity index (χ1v) is 8.15. The normalized spacial score (nSPS) is 23.0. The lowest BCUT2D eigenvalue weighted by molar-refractivity contribution is -0.331. The Morgan fingerprint density at radius 1 is 1.08 bits per heavy atom. The van der Waals surface area contributed by atoms with Crippen LogP contribution < -0.4 is 0 Å². The molecular weight excluding hydrogens is 361 g/mol. The number of ether oxygens (including phenoxy) is 1. The highest BCUT2D eigenvalue weighted by atomic mass is 19.4. The second kappa shape index (κ2) is 6.60. The molecule has 1 fully saturated rings. The summed E-state index contributed by atoms with van der Waals surface area (Å²) in [5.74, 6) is -0.265. The van der Waals surface area contributed by atoms with Crippen LogP contribution in [-0.4, -0.2) is 95.0 Å². The zero-order valence-electron chi connectivity index (χ0n) is 16.0. The molecule has 146 valence electrons. The van der Waals surface area contributed by atoms with Crippen molar-refractivity contribution < 1.29 is 35.9 Å². The maximum Gasteiger partial charge on any atom is 0.428 e. The Hall–Kier alpha value is -0.930. The zero-order chi connectivity index (χ0) is 20.9. The van der Waals surface area contributed by atoms with Gasteiger partial charge in [0.15, 0.2) is 7.85 Å². The smallest absolute Gasteiger partial charge is 0.428 e. The van der Waals surface area contributed by atoms with Gasteiger partial charge in [0.25, 0.3) is 5.50 Å². The Kier molecular flexibility index (Phi) is 5.86. The molecule has 1 rings (SSSR count). The Labute approximate surface area is 152 Å². The van der Waals surface area contributed by atoms with Gasteiger partial charge >= 0.3 is 18.4 Å². The van der Waals surface area contributed by atoms with Crippen LogP contribution in [0.25, 0.3) is 0 Å². The third kappa shape index (κ3) is 4.31. The van der Waals surface area contributed by atoms with Crippen LogP contribution in [0.3, 0.4) is 0 Å². The van der Waals surface area contributed by atoms with E-state index in [1.54, 1.807) is 23.5 Å². The van der Waals surface area contributed by atoms with Gasteiger partial charge < -0.3 is 14.5 Å². The lowest BCUT2D eigenvalue weighted by Crippen LogP contribution is -2.72. The SMILES string of the molecule is BC1CN(C(=O)OC(B)(C(F)(F)F)C(F)(F)F)C(B)(B)CN1C(C)(C)C. The standard InChI is InChI=1S/C12H22B4F6N2O2/c1-8(2,3)24-5-9(14,15)23(4-6(24)13)7(25)26-10(16,11(17,18)19)12(20,21)22/h6H,4-5,13-16H2,1-3H3. The number of rotatable bonds is 1. The van der Waals surface area contributed by atoms with E-state index in [0.717, 1.165) is 4.90 Å². The van der Waals surface area contributed by atoms with Crippen LogP contribution in [-0.2, 0) is 4.74 Å². The predicted octanol–water partition coefficient (Wildman–Crippen LogP) is -1.13. The molecule has 1 amide bonds. The summed E-state index contributed by atoms with van der Waals surface area (Å²) in [5, 5.41) is -1.00. The minimum Gasteiger partial charge on any atom is -0.433 e. The summed E-state index contributed by atoms with van der Waals surface area (Å²) in [6.45, 7) is 6.06. The molecule has 0 radical (unpaired) electrons. The number of halogens is 6. The van der Waals surface area contributed by atoms with Crippen molar-refractivity contribution in [3.8, 4) is 0 Å². The van der Waals surface area contributed by atoms with E-state index in [9.17, 15) is 31.1 Å². The van der Waals surface area contributed by atoms with Gasteiger partial charge in [-0.3, -0.25) is 0 Å². The Morgan fingerprint density at radius 2 is 1.50 bits per heavy atom. The number of amides is 1. The number of hydrogen-bond acceptors (Lipinski definition) is 3. The summed E-state index contributed by atoms with van der Waals surface area (Å²) in [5.41, 5.74) is -4.85. The van der Waals surface area contributed by atoms with Crippen molar-refractivity contribution in [2.24, 2.45) is 0 Å². The van der Waals surface area contributed by atoms with Gasteiger partial charge in [-0.15, -0.1) is 0 Å². The van der Waals surface area contributed by atoms with Crippen LogP contribution in [0.5, 0.6) is 0 Å².